The molecule has 2 saturated carbocycles. The van der Waals surface area contributed by atoms with Crippen molar-refractivity contribution in [3.8, 4) is 11.8 Å². The number of rotatable bonds is 7. The van der Waals surface area contributed by atoms with Crippen molar-refractivity contribution in [2.75, 3.05) is 6.61 Å². The molecule has 1 aromatic carbocycles. The van der Waals surface area contributed by atoms with Crippen LogP contribution in [0.3, 0.4) is 0 Å². The van der Waals surface area contributed by atoms with Crippen LogP contribution in [-0.4, -0.2) is 18.2 Å². The van der Waals surface area contributed by atoms with Crippen molar-refractivity contribution in [1.82, 2.24) is 5.32 Å². The quantitative estimate of drug-likeness (QED) is 0.828. The normalized spacial score (nSPS) is 21.0. The fourth-order valence-corrected chi connectivity index (χ4v) is 2.62. The van der Waals surface area contributed by atoms with Crippen molar-refractivity contribution in [2.45, 2.75) is 50.6 Å². The molecule has 0 aromatic heterocycles. The van der Waals surface area contributed by atoms with E-state index in [0.29, 0.717) is 18.6 Å². The summed E-state index contributed by atoms with van der Waals surface area (Å²) in [5.41, 5.74) is 0.826. The molecule has 0 aliphatic heterocycles. The minimum atomic E-state index is -0.482. The van der Waals surface area contributed by atoms with Gasteiger partial charge in [-0.15, -0.1) is 0 Å². The minimum absolute atomic E-state index is 0.455. The summed E-state index contributed by atoms with van der Waals surface area (Å²) >= 11 is 0. The van der Waals surface area contributed by atoms with E-state index >= 15 is 0 Å². The van der Waals surface area contributed by atoms with Crippen molar-refractivity contribution in [1.29, 1.82) is 5.26 Å². The fourth-order valence-electron chi connectivity index (χ4n) is 2.62. The van der Waals surface area contributed by atoms with Gasteiger partial charge in [0.2, 0.25) is 0 Å². The summed E-state index contributed by atoms with van der Waals surface area (Å²) in [5, 5.41) is 13.2. The summed E-state index contributed by atoms with van der Waals surface area (Å²) in [5.74, 6) is 1.32. The highest BCUT2D eigenvalue weighted by Crippen LogP contribution is 2.41. The van der Waals surface area contributed by atoms with Gasteiger partial charge in [-0.3, -0.25) is 5.32 Å². The first-order valence-corrected chi connectivity index (χ1v) is 7.66. The molecule has 106 valence electrons. The fraction of sp³-hybridized carbons (Fsp3) is 0.588. The monoisotopic (exact) mass is 270 g/mol. The number of nitriles is 1. The largest absolute Gasteiger partial charge is 0.491 e. The number of benzene rings is 1. The lowest BCUT2D eigenvalue weighted by atomic mass is 9.96. The molecule has 1 atom stereocenters. The molecule has 0 saturated heterocycles. The molecule has 0 bridgehead atoms. The molecule has 2 aliphatic carbocycles. The average molecular weight is 270 g/mol. The molecule has 3 heteroatoms. The van der Waals surface area contributed by atoms with Gasteiger partial charge in [-0.1, -0.05) is 19.1 Å². The predicted octanol–water partition coefficient (Wildman–Crippen LogP) is 3.05. The molecule has 2 fully saturated rings. The van der Waals surface area contributed by atoms with Crippen molar-refractivity contribution in [2.24, 2.45) is 5.92 Å². The maximum Gasteiger partial charge on any atom is 0.144 e. The Morgan fingerprint density at radius 3 is 2.45 bits per heavy atom. The smallest absolute Gasteiger partial charge is 0.144 e. The lowest BCUT2D eigenvalue weighted by Gasteiger charge is -2.28. The molecule has 1 aromatic rings. The van der Waals surface area contributed by atoms with Gasteiger partial charge in [-0.05, 0) is 55.7 Å². The van der Waals surface area contributed by atoms with Crippen LogP contribution in [0.25, 0.3) is 0 Å². The van der Waals surface area contributed by atoms with Crippen molar-refractivity contribution >= 4 is 0 Å². The van der Waals surface area contributed by atoms with Crippen LogP contribution in [0.1, 0.15) is 38.2 Å². The van der Waals surface area contributed by atoms with Gasteiger partial charge < -0.3 is 4.74 Å². The Morgan fingerprint density at radius 1 is 1.25 bits per heavy atom. The van der Waals surface area contributed by atoms with Gasteiger partial charge in [-0.25, -0.2) is 0 Å². The summed E-state index contributed by atoms with van der Waals surface area (Å²) < 4.78 is 5.91. The van der Waals surface area contributed by atoms with E-state index < -0.39 is 5.54 Å². The van der Waals surface area contributed by atoms with Gasteiger partial charge in [0.1, 0.15) is 17.9 Å². The molecule has 20 heavy (non-hydrogen) atoms. The van der Waals surface area contributed by atoms with Gasteiger partial charge in [0.15, 0.2) is 0 Å². The molecule has 0 spiro atoms. The zero-order valence-corrected chi connectivity index (χ0v) is 12.1. The van der Waals surface area contributed by atoms with Crippen LogP contribution in [0.2, 0.25) is 0 Å². The lowest BCUT2D eigenvalue weighted by Crippen LogP contribution is -2.52. The summed E-state index contributed by atoms with van der Waals surface area (Å²) in [6, 6.07) is 11.2. The second-order valence-electron chi connectivity index (χ2n) is 6.06. The Kier molecular flexibility index (Phi) is 3.67. The third kappa shape index (κ3) is 2.96. The van der Waals surface area contributed by atoms with Crippen LogP contribution in [0.5, 0.6) is 5.75 Å². The molecule has 0 radical (unpaired) electrons. The Balaban J connectivity index is 1.65. The highest BCUT2D eigenvalue weighted by Gasteiger charge is 2.49. The van der Waals surface area contributed by atoms with Gasteiger partial charge in [0.25, 0.3) is 0 Å². The zero-order valence-electron chi connectivity index (χ0n) is 12.1. The molecule has 1 unspecified atom stereocenters. The topological polar surface area (TPSA) is 45.0 Å². The van der Waals surface area contributed by atoms with E-state index in [1.54, 1.807) is 0 Å². The molecule has 3 nitrogen and oxygen atoms in total. The van der Waals surface area contributed by atoms with E-state index in [1.807, 2.05) is 12.1 Å². The van der Waals surface area contributed by atoms with Crippen LogP contribution in [0, 0.1) is 17.2 Å². The molecule has 2 aliphatic rings. The van der Waals surface area contributed by atoms with E-state index in [0.717, 1.165) is 25.0 Å². The van der Waals surface area contributed by atoms with Crippen LogP contribution < -0.4 is 10.1 Å². The van der Waals surface area contributed by atoms with Gasteiger partial charge in [-0.2, -0.15) is 5.26 Å². The van der Waals surface area contributed by atoms with E-state index in [2.05, 4.69) is 30.4 Å². The first kappa shape index (κ1) is 13.5. The molecular formula is C17H22N2O. The van der Waals surface area contributed by atoms with Crippen molar-refractivity contribution in [3.05, 3.63) is 29.8 Å². The van der Waals surface area contributed by atoms with E-state index in [1.165, 1.54) is 18.4 Å². The van der Waals surface area contributed by atoms with Crippen molar-refractivity contribution in [3.63, 3.8) is 0 Å². The summed E-state index contributed by atoms with van der Waals surface area (Å²) in [4.78, 5) is 0. The Hall–Kier alpha value is -1.53. The van der Waals surface area contributed by atoms with Crippen LogP contribution in [0.4, 0.5) is 0 Å². The molecule has 1 N–H and O–H groups in total. The summed E-state index contributed by atoms with van der Waals surface area (Å²) in [7, 11) is 0. The zero-order chi connectivity index (χ0) is 14.0. The highest BCUT2D eigenvalue weighted by atomic mass is 16.5. The Morgan fingerprint density at radius 2 is 1.95 bits per heavy atom. The van der Waals surface area contributed by atoms with Gasteiger partial charge >= 0.3 is 0 Å². The minimum Gasteiger partial charge on any atom is -0.491 e. The lowest BCUT2D eigenvalue weighted by molar-refractivity contribution is 0.200. The number of ether oxygens (including phenoxy) is 1. The van der Waals surface area contributed by atoms with E-state index in [4.69, 9.17) is 4.74 Å². The van der Waals surface area contributed by atoms with Crippen LogP contribution in [-0.2, 0) is 6.42 Å². The van der Waals surface area contributed by atoms with E-state index in [-0.39, 0.29) is 0 Å². The van der Waals surface area contributed by atoms with Crippen LogP contribution >= 0.6 is 0 Å². The second-order valence-corrected chi connectivity index (χ2v) is 6.06. The standard InChI is InChI=1S/C17H22N2O/c1-2-13-3-9-16(10-4-13)20-12-17(11-18,14-5-6-14)19-15-7-8-15/h3-4,9-10,14-15,19H,2,5-8,12H2,1H3. The van der Waals surface area contributed by atoms with Gasteiger partial charge in [0, 0.05) is 6.04 Å². The van der Waals surface area contributed by atoms with Gasteiger partial charge in [0.05, 0.1) is 6.07 Å². The Labute approximate surface area is 120 Å². The first-order valence-electron chi connectivity index (χ1n) is 7.66. The maximum atomic E-state index is 9.63. The SMILES string of the molecule is CCc1ccc(OCC(C#N)(NC2CC2)C2CC2)cc1. The number of nitrogens with zero attached hydrogens (tertiary/aromatic N) is 1. The summed E-state index contributed by atoms with van der Waals surface area (Å²) in [6.45, 7) is 2.60. The molecular weight excluding hydrogens is 248 g/mol. The Bertz CT molecular complexity index is 497. The number of hydrogen-bond acceptors (Lipinski definition) is 3. The first-order chi connectivity index (χ1) is 9.75. The summed E-state index contributed by atoms with van der Waals surface area (Å²) in [6.07, 6.45) is 5.72. The highest BCUT2D eigenvalue weighted by molar-refractivity contribution is 5.28. The molecule has 0 amide bonds. The average Bonchev–Trinajstić information content (AvgIpc) is 3.37. The van der Waals surface area contributed by atoms with E-state index in [9.17, 15) is 5.26 Å². The molecule has 3 rings (SSSR count). The number of hydrogen-bond donors (Lipinski definition) is 1. The third-order valence-corrected chi connectivity index (χ3v) is 4.31. The number of nitrogens with one attached hydrogen (secondary N) is 1. The number of aryl methyl sites for hydroxylation is 1. The predicted molar refractivity (Wildman–Crippen MR) is 78.5 cm³/mol. The third-order valence-electron chi connectivity index (χ3n) is 4.31. The second kappa shape index (κ2) is 5.46. The van der Waals surface area contributed by atoms with Crippen LogP contribution in [0.15, 0.2) is 24.3 Å². The molecule has 0 heterocycles. The maximum absolute atomic E-state index is 9.63. The van der Waals surface area contributed by atoms with Crippen molar-refractivity contribution < 1.29 is 4.74 Å².